The molecule has 5 nitrogen and oxygen atoms in total. The van der Waals surface area contributed by atoms with Crippen LogP contribution in [-0.4, -0.2) is 37.0 Å². The molecule has 0 fully saturated rings. The minimum absolute atomic E-state index is 0.0301. The van der Waals surface area contributed by atoms with E-state index >= 15 is 0 Å². The fourth-order valence-electron chi connectivity index (χ4n) is 0.598. The molecule has 0 radical (unpaired) electrons. The van der Waals surface area contributed by atoms with Crippen LogP contribution in [0.15, 0.2) is 0 Å². The zero-order valence-corrected chi connectivity index (χ0v) is 6.76. The van der Waals surface area contributed by atoms with Gasteiger partial charge in [0.15, 0.2) is 0 Å². The van der Waals surface area contributed by atoms with Crippen LogP contribution < -0.4 is 11.1 Å². The number of likely N-dealkylation sites (N-methyl/N-ethyl adjacent to an activating group) is 2. The van der Waals surface area contributed by atoms with Crippen molar-refractivity contribution in [3.8, 4) is 0 Å². The first kappa shape index (κ1) is 9.74. The summed E-state index contributed by atoms with van der Waals surface area (Å²) in [5, 5.41) is 2.40. The Labute approximate surface area is 65.5 Å². The molecule has 0 aliphatic rings. The van der Waals surface area contributed by atoms with Gasteiger partial charge in [-0.25, -0.2) is 4.79 Å². The topological polar surface area (TPSA) is 75.4 Å². The predicted octanol–water partition coefficient (Wildman–Crippen LogP) is -0.867. The highest BCUT2D eigenvalue weighted by Crippen LogP contribution is 1.85. The summed E-state index contributed by atoms with van der Waals surface area (Å²) in [6, 6.07) is -0.573. The maximum absolute atomic E-state index is 10.7. The van der Waals surface area contributed by atoms with Crippen molar-refractivity contribution < 1.29 is 9.59 Å². The molecule has 0 aliphatic carbocycles. The molecule has 0 unspecified atom stereocenters. The van der Waals surface area contributed by atoms with Crippen molar-refractivity contribution in [3.05, 3.63) is 0 Å². The highest BCUT2D eigenvalue weighted by molar-refractivity contribution is 5.83. The number of nitrogens with two attached hydrogens (primary N) is 1. The van der Waals surface area contributed by atoms with E-state index in [1.165, 1.54) is 11.9 Å². The molecule has 5 heteroatoms. The highest BCUT2D eigenvalue weighted by atomic mass is 16.2. The van der Waals surface area contributed by atoms with E-state index in [0.717, 1.165) is 0 Å². The van der Waals surface area contributed by atoms with Crippen LogP contribution in [0.5, 0.6) is 0 Å². The largest absolute Gasteiger partial charge is 0.358 e. The zero-order chi connectivity index (χ0) is 8.85. The minimum atomic E-state index is -0.573. The smallest absolute Gasteiger partial charge is 0.315 e. The van der Waals surface area contributed by atoms with Gasteiger partial charge in [-0.1, -0.05) is 0 Å². The molecule has 11 heavy (non-hydrogen) atoms. The lowest BCUT2D eigenvalue weighted by atomic mass is 10.5. The Morgan fingerprint density at radius 3 is 2.36 bits per heavy atom. The van der Waals surface area contributed by atoms with Gasteiger partial charge in [0.25, 0.3) is 0 Å². The number of carbonyl (C=O) groups is 2. The summed E-state index contributed by atoms with van der Waals surface area (Å²) in [4.78, 5) is 22.5. The molecule has 0 aromatic carbocycles. The summed E-state index contributed by atoms with van der Waals surface area (Å²) in [6.45, 7) is 2.23. The fraction of sp³-hybridized carbons (Fsp3) is 0.667. The van der Waals surface area contributed by atoms with E-state index in [9.17, 15) is 9.59 Å². The molecule has 0 saturated carbocycles. The Bertz CT molecular complexity index is 158. The first-order chi connectivity index (χ1) is 5.11. The van der Waals surface area contributed by atoms with Crippen molar-refractivity contribution in [2.45, 2.75) is 6.92 Å². The third-order valence-electron chi connectivity index (χ3n) is 1.31. The maximum atomic E-state index is 10.7. The standard InChI is InChI=1S/C6H13N3O2/c1-3-9(6(7)11)4-5(10)8-2/h3-4H2,1-2H3,(H2,7,11)(H,8,10). The Morgan fingerprint density at radius 1 is 1.55 bits per heavy atom. The number of amides is 3. The molecule has 64 valence electrons. The lowest BCUT2D eigenvalue weighted by Crippen LogP contribution is -2.42. The molecule has 0 rings (SSSR count). The highest BCUT2D eigenvalue weighted by Gasteiger charge is 2.09. The summed E-state index contributed by atoms with van der Waals surface area (Å²) in [5.74, 6) is -0.217. The minimum Gasteiger partial charge on any atom is -0.358 e. The summed E-state index contributed by atoms with van der Waals surface area (Å²) in [7, 11) is 1.51. The van der Waals surface area contributed by atoms with Crippen molar-refractivity contribution in [2.24, 2.45) is 5.73 Å². The van der Waals surface area contributed by atoms with E-state index in [1.54, 1.807) is 6.92 Å². The third-order valence-corrected chi connectivity index (χ3v) is 1.31. The first-order valence-electron chi connectivity index (χ1n) is 3.36. The SMILES string of the molecule is CCN(CC(=O)NC)C(N)=O. The molecule has 0 spiro atoms. The van der Waals surface area contributed by atoms with Gasteiger partial charge in [-0.2, -0.15) is 0 Å². The van der Waals surface area contributed by atoms with Gasteiger partial charge in [-0.05, 0) is 6.92 Å². The molecule has 3 N–H and O–H groups in total. The molecule has 3 amide bonds. The van der Waals surface area contributed by atoms with E-state index in [1.807, 2.05) is 0 Å². The van der Waals surface area contributed by atoms with Gasteiger partial charge < -0.3 is 16.0 Å². The van der Waals surface area contributed by atoms with E-state index < -0.39 is 6.03 Å². The van der Waals surface area contributed by atoms with Crippen LogP contribution in [0.2, 0.25) is 0 Å². The van der Waals surface area contributed by atoms with Gasteiger partial charge in [0.2, 0.25) is 5.91 Å². The van der Waals surface area contributed by atoms with E-state index in [4.69, 9.17) is 5.73 Å². The molecule has 0 aliphatic heterocycles. The van der Waals surface area contributed by atoms with Crippen LogP contribution in [0.4, 0.5) is 4.79 Å². The first-order valence-corrected chi connectivity index (χ1v) is 3.36. The fourth-order valence-corrected chi connectivity index (χ4v) is 0.598. The molecule has 0 atom stereocenters. The second-order valence-electron chi connectivity index (χ2n) is 2.03. The Kier molecular flexibility index (Phi) is 4.02. The zero-order valence-electron chi connectivity index (χ0n) is 6.76. The number of nitrogens with one attached hydrogen (secondary N) is 1. The molecular weight excluding hydrogens is 146 g/mol. The average molecular weight is 159 g/mol. The van der Waals surface area contributed by atoms with Gasteiger partial charge in [0, 0.05) is 13.6 Å². The lowest BCUT2D eigenvalue weighted by molar-refractivity contribution is -0.121. The average Bonchev–Trinajstić information content (AvgIpc) is 1.99. The summed E-state index contributed by atoms with van der Waals surface area (Å²) >= 11 is 0. The summed E-state index contributed by atoms with van der Waals surface area (Å²) < 4.78 is 0. The van der Waals surface area contributed by atoms with Crippen molar-refractivity contribution in [3.63, 3.8) is 0 Å². The van der Waals surface area contributed by atoms with Crippen LogP contribution in [-0.2, 0) is 4.79 Å². The molecule has 0 bridgehead atoms. The van der Waals surface area contributed by atoms with E-state index in [-0.39, 0.29) is 12.5 Å². The number of hydrogen-bond acceptors (Lipinski definition) is 2. The molecule has 0 heterocycles. The van der Waals surface area contributed by atoms with Crippen molar-refractivity contribution in [2.75, 3.05) is 20.1 Å². The van der Waals surface area contributed by atoms with Crippen LogP contribution in [0.3, 0.4) is 0 Å². The normalized spacial score (nSPS) is 8.91. The lowest BCUT2D eigenvalue weighted by Gasteiger charge is -2.16. The monoisotopic (exact) mass is 159 g/mol. The summed E-state index contributed by atoms with van der Waals surface area (Å²) in [5.41, 5.74) is 4.96. The number of nitrogens with zero attached hydrogens (tertiary/aromatic N) is 1. The van der Waals surface area contributed by atoms with Gasteiger partial charge in [-0.3, -0.25) is 4.79 Å². The number of primary amides is 1. The number of carbonyl (C=O) groups excluding carboxylic acids is 2. The number of urea groups is 1. The Balaban J connectivity index is 3.88. The van der Waals surface area contributed by atoms with Crippen molar-refractivity contribution in [1.29, 1.82) is 0 Å². The maximum Gasteiger partial charge on any atom is 0.315 e. The summed E-state index contributed by atoms with van der Waals surface area (Å²) in [6.07, 6.45) is 0. The van der Waals surface area contributed by atoms with Gasteiger partial charge in [-0.15, -0.1) is 0 Å². The molecular formula is C6H13N3O2. The van der Waals surface area contributed by atoms with Crippen LogP contribution in [0, 0.1) is 0 Å². The molecule has 0 aromatic heterocycles. The van der Waals surface area contributed by atoms with Gasteiger partial charge in [0.05, 0.1) is 0 Å². The van der Waals surface area contributed by atoms with Crippen molar-refractivity contribution in [1.82, 2.24) is 10.2 Å². The predicted molar refractivity (Wildman–Crippen MR) is 40.9 cm³/mol. The van der Waals surface area contributed by atoms with Crippen LogP contribution in [0.1, 0.15) is 6.92 Å². The van der Waals surface area contributed by atoms with Crippen LogP contribution >= 0.6 is 0 Å². The van der Waals surface area contributed by atoms with Gasteiger partial charge >= 0.3 is 6.03 Å². The van der Waals surface area contributed by atoms with Gasteiger partial charge in [0.1, 0.15) is 6.54 Å². The van der Waals surface area contributed by atoms with E-state index in [0.29, 0.717) is 6.54 Å². The quantitative estimate of drug-likeness (QED) is 0.561. The number of rotatable bonds is 3. The second kappa shape index (κ2) is 4.54. The molecule has 0 saturated heterocycles. The third kappa shape index (κ3) is 3.44. The van der Waals surface area contributed by atoms with Crippen LogP contribution in [0.25, 0.3) is 0 Å². The Morgan fingerprint density at radius 2 is 2.09 bits per heavy atom. The van der Waals surface area contributed by atoms with Crippen molar-refractivity contribution >= 4 is 11.9 Å². The van der Waals surface area contributed by atoms with E-state index in [2.05, 4.69) is 5.32 Å². The number of hydrogen-bond donors (Lipinski definition) is 2. The second-order valence-corrected chi connectivity index (χ2v) is 2.03. The molecule has 0 aromatic rings. The Hall–Kier alpha value is -1.26.